The van der Waals surface area contributed by atoms with Crippen molar-refractivity contribution in [1.29, 1.82) is 0 Å². The summed E-state index contributed by atoms with van der Waals surface area (Å²) < 4.78 is 15.2. The van der Waals surface area contributed by atoms with Crippen molar-refractivity contribution >= 4 is 35.6 Å². The minimum Gasteiger partial charge on any atom is -1.00 e. The molecule has 0 saturated carbocycles. The van der Waals surface area contributed by atoms with Gasteiger partial charge >= 0.3 is 23.1 Å². The summed E-state index contributed by atoms with van der Waals surface area (Å²) in [5.74, 6) is 2.62. The Morgan fingerprint density at radius 1 is 0.844 bits per heavy atom. The van der Waals surface area contributed by atoms with Crippen molar-refractivity contribution in [3.05, 3.63) is 54.2 Å². The van der Waals surface area contributed by atoms with Crippen LogP contribution in [0.4, 0.5) is 0 Å². The molecule has 1 saturated heterocycles. The van der Waals surface area contributed by atoms with Gasteiger partial charge in [-0.1, -0.05) is 40.0 Å². The van der Waals surface area contributed by atoms with Crippen LogP contribution in [0.25, 0.3) is 0 Å². The maximum absolute atomic E-state index is 10.3. The summed E-state index contributed by atoms with van der Waals surface area (Å²) in [7, 11) is 0. The van der Waals surface area contributed by atoms with Crippen molar-refractivity contribution in [1.82, 2.24) is 0 Å². The van der Waals surface area contributed by atoms with Gasteiger partial charge in [-0.2, -0.15) is 6.42 Å². The summed E-state index contributed by atoms with van der Waals surface area (Å²) >= 11 is 0. The van der Waals surface area contributed by atoms with Crippen LogP contribution in [0, 0.1) is 6.92 Å². The molecule has 0 aliphatic carbocycles. The molecule has 3 rings (SSSR count). The molecule has 3 heterocycles. The number of halogens is 1. The van der Waals surface area contributed by atoms with Crippen LogP contribution in [0.5, 0.6) is 0 Å². The van der Waals surface area contributed by atoms with Crippen LogP contribution in [0.15, 0.2) is 33.1 Å². The van der Waals surface area contributed by atoms with Crippen LogP contribution in [-0.2, 0) is 17.6 Å². The topological polar surface area (TPSA) is 69.7 Å². The molecular weight excluding hydrogens is 440 g/mol. The van der Waals surface area contributed by atoms with Crippen molar-refractivity contribution < 1.29 is 35.6 Å². The Hall–Kier alpha value is -1.08. The van der Waals surface area contributed by atoms with E-state index >= 15 is 0 Å². The Balaban J connectivity index is -0.000000372. The molecule has 2 aromatic rings. The van der Waals surface area contributed by atoms with Gasteiger partial charge in [0.25, 0.3) is 0 Å². The SMILES string of the molecule is C1CCOC1.CCCCCc1ccc(C=O)o1.CCc1ccc(C=O)o1.[CH2-]CCC.[Cl-].[Mg+2]. The molecule has 178 valence electrons. The van der Waals surface area contributed by atoms with Crippen LogP contribution in [0.1, 0.15) is 98.3 Å². The van der Waals surface area contributed by atoms with Gasteiger partial charge < -0.3 is 32.9 Å². The van der Waals surface area contributed by atoms with Crippen molar-refractivity contribution in [2.45, 2.75) is 78.6 Å². The molecular formula is C25H39ClMgO5. The molecule has 7 heteroatoms. The maximum Gasteiger partial charge on any atom is 2.00 e. The van der Waals surface area contributed by atoms with E-state index in [9.17, 15) is 9.59 Å². The molecule has 0 atom stereocenters. The number of carbonyl (C=O) groups excluding carboxylic acids is 2. The summed E-state index contributed by atoms with van der Waals surface area (Å²) in [5, 5.41) is 0. The standard InChI is InChI=1S/C10H14O2.C7H8O2.C4H8O.C4H9.ClH.Mg/c1-2-3-4-5-9-6-7-10(8-11)12-9;1-2-6-3-4-7(5-8)9-6;1-2-4-5-3-1;1-3-4-2;;/h6-8H,2-5H2,1H3;3-5H,2H2,1H3;1-4H2;1,3-4H2,2H3;1H;/q;;;-1;;+2/p-1. The first kappa shape index (κ1) is 35.5. The van der Waals surface area contributed by atoms with Crippen molar-refractivity contribution in [2.24, 2.45) is 0 Å². The van der Waals surface area contributed by atoms with Crippen LogP contribution in [-0.4, -0.2) is 48.8 Å². The predicted octanol–water partition coefficient (Wildman–Crippen LogP) is 3.52. The number of ether oxygens (including phenoxy) is 1. The third-order valence-corrected chi connectivity index (χ3v) is 4.15. The third-order valence-electron chi connectivity index (χ3n) is 4.15. The van der Waals surface area contributed by atoms with E-state index in [1.807, 2.05) is 19.1 Å². The van der Waals surface area contributed by atoms with Gasteiger partial charge in [-0.25, -0.2) is 0 Å². The van der Waals surface area contributed by atoms with Gasteiger partial charge in [0.2, 0.25) is 0 Å². The number of unbranched alkanes of at least 4 members (excludes halogenated alkanes) is 3. The van der Waals surface area contributed by atoms with Crippen molar-refractivity contribution in [3.8, 4) is 0 Å². The zero-order valence-corrected chi connectivity index (χ0v) is 22.2. The van der Waals surface area contributed by atoms with Crippen molar-refractivity contribution in [3.63, 3.8) is 0 Å². The van der Waals surface area contributed by atoms with E-state index < -0.39 is 0 Å². The monoisotopic (exact) mass is 478 g/mol. The van der Waals surface area contributed by atoms with Gasteiger partial charge in [0.1, 0.15) is 11.5 Å². The number of rotatable bonds is 8. The first-order chi connectivity index (χ1) is 14.6. The molecule has 0 bridgehead atoms. The first-order valence-corrected chi connectivity index (χ1v) is 11.1. The Morgan fingerprint density at radius 2 is 1.34 bits per heavy atom. The van der Waals surface area contributed by atoms with E-state index in [0.717, 1.165) is 56.7 Å². The third kappa shape index (κ3) is 19.6. The summed E-state index contributed by atoms with van der Waals surface area (Å²) in [5.41, 5.74) is 0. The van der Waals surface area contributed by atoms with E-state index in [1.165, 1.54) is 32.1 Å². The first-order valence-electron chi connectivity index (χ1n) is 11.1. The summed E-state index contributed by atoms with van der Waals surface area (Å²) in [4.78, 5) is 20.3. The fourth-order valence-corrected chi connectivity index (χ4v) is 2.30. The number of hydrogen-bond acceptors (Lipinski definition) is 5. The molecule has 0 spiro atoms. The largest absolute Gasteiger partial charge is 2.00 e. The Labute approximate surface area is 216 Å². The number of hydrogen-bond donors (Lipinski definition) is 0. The van der Waals surface area contributed by atoms with E-state index in [4.69, 9.17) is 13.6 Å². The van der Waals surface area contributed by atoms with E-state index in [-0.39, 0.29) is 35.5 Å². The van der Waals surface area contributed by atoms with Gasteiger partial charge in [0.15, 0.2) is 24.1 Å². The molecule has 0 radical (unpaired) electrons. The molecule has 1 aliphatic heterocycles. The van der Waals surface area contributed by atoms with Crippen LogP contribution in [0.3, 0.4) is 0 Å². The number of aldehydes is 2. The van der Waals surface area contributed by atoms with Gasteiger partial charge in [-0.05, 0) is 43.5 Å². The quantitative estimate of drug-likeness (QED) is 0.251. The normalized spacial score (nSPS) is 11.1. The molecule has 1 fully saturated rings. The summed E-state index contributed by atoms with van der Waals surface area (Å²) in [6, 6.07) is 7.07. The molecule has 0 amide bonds. The second-order valence-corrected chi connectivity index (χ2v) is 6.83. The molecule has 0 N–H and O–H groups in total. The molecule has 0 aromatic carbocycles. The van der Waals surface area contributed by atoms with E-state index in [1.54, 1.807) is 12.1 Å². The smallest absolute Gasteiger partial charge is 1.00 e. The van der Waals surface area contributed by atoms with Gasteiger partial charge in [0.05, 0.1) is 0 Å². The maximum atomic E-state index is 10.3. The minimum atomic E-state index is 0. The average Bonchev–Trinajstić information content (AvgIpc) is 3.57. The Kier molecular flexibility index (Phi) is 29.0. The summed E-state index contributed by atoms with van der Waals surface area (Å²) in [6.07, 6.45) is 11.6. The average molecular weight is 479 g/mol. The molecule has 5 nitrogen and oxygen atoms in total. The Bertz CT molecular complexity index is 641. The molecule has 1 aliphatic rings. The molecule has 2 aromatic heterocycles. The molecule has 32 heavy (non-hydrogen) atoms. The van der Waals surface area contributed by atoms with Gasteiger partial charge in [-0.15, -0.1) is 0 Å². The predicted molar refractivity (Wildman–Crippen MR) is 127 cm³/mol. The minimum absolute atomic E-state index is 0. The Morgan fingerprint density at radius 3 is 1.66 bits per heavy atom. The fourth-order valence-electron chi connectivity index (χ4n) is 2.30. The number of aryl methyl sites for hydroxylation is 2. The van der Waals surface area contributed by atoms with Gasteiger partial charge in [-0.3, -0.25) is 9.59 Å². The van der Waals surface area contributed by atoms with Crippen molar-refractivity contribution in [2.75, 3.05) is 13.2 Å². The zero-order valence-electron chi connectivity index (χ0n) is 20.1. The van der Waals surface area contributed by atoms with Crippen LogP contribution >= 0.6 is 0 Å². The number of carbonyl (C=O) groups is 2. The second-order valence-electron chi connectivity index (χ2n) is 6.83. The van der Waals surface area contributed by atoms with E-state index in [0.29, 0.717) is 17.8 Å². The van der Waals surface area contributed by atoms with Crippen LogP contribution in [0.2, 0.25) is 0 Å². The number of furan rings is 2. The van der Waals surface area contributed by atoms with Crippen LogP contribution < -0.4 is 12.4 Å². The fraction of sp³-hybridized carbons (Fsp3) is 0.560. The van der Waals surface area contributed by atoms with E-state index in [2.05, 4.69) is 20.8 Å². The summed E-state index contributed by atoms with van der Waals surface area (Å²) in [6.45, 7) is 11.9. The molecule has 0 unspecified atom stereocenters. The van der Waals surface area contributed by atoms with Gasteiger partial charge in [0, 0.05) is 26.1 Å². The zero-order chi connectivity index (χ0) is 22.5. The second kappa shape index (κ2) is 26.2.